The molecule has 2 aromatic carbocycles. The van der Waals surface area contributed by atoms with Crippen LogP contribution in [-0.4, -0.2) is 44.4 Å². The summed E-state index contributed by atoms with van der Waals surface area (Å²) >= 11 is 0. The number of alkyl halides is 3. The molecule has 0 spiro atoms. The number of halogens is 3. The second-order valence-corrected chi connectivity index (χ2v) is 9.21. The zero-order valence-electron chi connectivity index (χ0n) is 17.6. The Morgan fingerprint density at radius 2 is 1.73 bits per heavy atom. The Bertz CT molecular complexity index is 1100. The number of anilines is 1. The summed E-state index contributed by atoms with van der Waals surface area (Å²) in [5.74, 6) is -0.612. The van der Waals surface area contributed by atoms with E-state index in [4.69, 9.17) is 0 Å². The summed E-state index contributed by atoms with van der Waals surface area (Å²) in [5, 5.41) is 5.03. The number of hydrogen-bond donors (Lipinski definition) is 2. The zero-order valence-corrected chi connectivity index (χ0v) is 18.4. The van der Waals surface area contributed by atoms with E-state index in [9.17, 15) is 31.2 Å². The van der Waals surface area contributed by atoms with Gasteiger partial charge in [0.1, 0.15) is 6.04 Å². The van der Waals surface area contributed by atoms with E-state index < -0.39 is 39.8 Å². The third kappa shape index (κ3) is 5.82. The molecule has 2 N–H and O–H groups in total. The molecule has 8 nitrogen and oxygen atoms in total. The number of carbonyl (C=O) groups excluding carboxylic acids is 2. The van der Waals surface area contributed by atoms with Crippen molar-refractivity contribution in [3.05, 3.63) is 59.7 Å². The molecular formula is C21H22F3N3O5S. The Morgan fingerprint density at radius 3 is 2.30 bits per heavy atom. The molecule has 1 aliphatic heterocycles. The highest BCUT2D eigenvalue weighted by molar-refractivity contribution is 7.89. The third-order valence-corrected chi connectivity index (χ3v) is 7.05. The van der Waals surface area contributed by atoms with E-state index in [0.717, 1.165) is 16.4 Å². The summed E-state index contributed by atoms with van der Waals surface area (Å²) in [6.45, 7) is 0.203. The number of methoxy groups -OCH3 is 1. The molecule has 178 valence electrons. The second-order valence-electron chi connectivity index (χ2n) is 7.32. The fraction of sp³-hybridized carbons (Fsp3) is 0.333. The molecule has 0 aliphatic carbocycles. The molecule has 2 amide bonds. The first-order valence-corrected chi connectivity index (χ1v) is 11.4. The zero-order chi connectivity index (χ0) is 24.2. The molecule has 1 aliphatic rings. The summed E-state index contributed by atoms with van der Waals surface area (Å²) in [7, 11) is -2.72. The van der Waals surface area contributed by atoms with E-state index in [0.29, 0.717) is 24.1 Å². The van der Waals surface area contributed by atoms with Crippen LogP contribution in [0.3, 0.4) is 0 Å². The first kappa shape index (κ1) is 24.5. The number of amides is 2. The van der Waals surface area contributed by atoms with Gasteiger partial charge in [0, 0.05) is 18.8 Å². The highest BCUT2D eigenvalue weighted by atomic mass is 32.2. The van der Waals surface area contributed by atoms with Gasteiger partial charge in [0.05, 0.1) is 17.6 Å². The summed E-state index contributed by atoms with van der Waals surface area (Å²) in [4.78, 5) is 23.9. The second kappa shape index (κ2) is 9.79. The van der Waals surface area contributed by atoms with Crippen LogP contribution < -0.4 is 10.6 Å². The van der Waals surface area contributed by atoms with Gasteiger partial charge in [0.15, 0.2) is 0 Å². The van der Waals surface area contributed by atoms with E-state index in [1.165, 1.54) is 43.5 Å². The number of sulfonamides is 1. The lowest BCUT2D eigenvalue weighted by Crippen LogP contribution is -2.41. The van der Waals surface area contributed by atoms with E-state index in [1.54, 1.807) is 0 Å². The SMILES string of the molecule is COC(=O)[C@@H]1CCCN1S(=O)(=O)c1ccc(NC(=O)NCc2ccc(C(F)(F)F)cc2)cc1. The monoisotopic (exact) mass is 485 g/mol. The maximum absolute atomic E-state index is 12.9. The molecule has 0 radical (unpaired) electrons. The van der Waals surface area contributed by atoms with Gasteiger partial charge in [-0.1, -0.05) is 12.1 Å². The molecule has 3 rings (SSSR count). The van der Waals surface area contributed by atoms with Crippen molar-refractivity contribution < 1.29 is 35.9 Å². The number of carbonyl (C=O) groups is 2. The topological polar surface area (TPSA) is 105 Å². The van der Waals surface area contributed by atoms with Gasteiger partial charge < -0.3 is 15.4 Å². The minimum absolute atomic E-state index is 0.000307. The van der Waals surface area contributed by atoms with Crippen LogP contribution in [0.25, 0.3) is 0 Å². The first-order valence-electron chi connectivity index (χ1n) is 9.93. The maximum atomic E-state index is 12.9. The van der Waals surface area contributed by atoms with Crippen LogP contribution >= 0.6 is 0 Å². The normalized spacial score (nSPS) is 16.9. The maximum Gasteiger partial charge on any atom is 0.416 e. The Kier molecular flexibility index (Phi) is 7.28. The fourth-order valence-electron chi connectivity index (χ4n) is 3.41. The Labute approximate surface area is 188 Å². The van der Waals surface area contributed by atoms with Gasteiger partial charge in [0.2, 0.25) is 10.0 Å². The molecule has 1 heterocycles. The molecule has 0 unspecified atom stereocenters. The van der Waals surface area contributed by atoms with Gasteiger partial charge in [-0.05, 0) is 54.8 Å². The summed E-state index contributed by atoms with van der Waals surface area (Å²) < 4.78 is 69.4. The van der Waals surface area contributed by atoms with Crippen molar-refractivity contribution in [3.8, 4) is 0 Å². The number of hydrogen-bond acceptors (Lipinski definition) is 5. The number of nitrogens with one attached hydrogen (secondary N) is 2. The van der Waals surface area contributed by atoms with Gasteiger partial charge in [-0.3, -0.25) is 4.79 Å². The van der Waals surface area contributed by atoms with E-state index >= 15 is 0 Å². The number of rotatable bonds is 6. The van der Waals surface area contributed by atoms with Gasteiger partial charge in [0.25, 0.3) is 0 Å². The number of nitrogens with zero attached hydrogens (tertiary/aromatic N) is 1. The van der Waals surface area contributed by atoms with Crippen molar-refractivity contribution in [1.82, 2.24) is 9.62 Å². The minimum Gasteiger partial charge on any atom is -0.468 e. The van der Waals surface area contributed by atoms with Crippen molar-refractivity contribution in [2.24, 2.45) is 0 Å². The fourth-order valence-corrected chi connectivity index (χ4v) is 5.06. The molecule has 33 heavy (non-hydrogen) atoms. The van der Waals surface area contributed by atoms with Crippen LogP contribution in [0.4, 0.5) is 23.7 Å². The Morgan fingerprint density at radius 1 is 1.09 bits per heavy atom. The quantitative estimate of drug-likeness (QED) is 0.611. The lowest BCUT2D eigenvalue weighted by Gasteiger charge is -2.22. The van der Waals surface area contributed by atoms with E-state index in [1.807, 2.05) is 0 Å². The lowest BCUT2D eigenvalue weighted by molar-refractivity contribution is -0.144. The number of benzene rings is 2. The van der Waals surface area contributed by atoms with E-state index in [2.05, 4.69) is 15.4 Å². The van der Waals surface area contributed by atoms with Gasteiger partial charge in [-0.2, -0.15) is 17.5 Å². The molecule has 0 saturated carbocycles. The standard InChI is InChI=1S/C21H22F3N3O5S/c1-32-19(28)18-3-2-12-27(18)33(30,31)17-10-8-16(9-11-17)26-20(29)25-13-14-4-6-15(7-5-14)21(22,23)24/h4-11,18H,2-3,12-13H2,1H3,(H2,25,26,29)/t18-/m0/s1. The van der Waals surface area contributed by atoms with Crippen LogP contribution in [0, 0.1) is 0 Å². The average Bonchev–Trinajstić information content (AvgIpc) is 3.28. The van der Waals surface area contributed by atoms with Crippen molar-refractivity contribution in [3.63, 3.8) is 0 Å². The summed E-state index contributed by atoms with van der Waals surface area (Å²) in [6.07, 6.45) is -3.51. The predicted molar refractivity (Wildman–Crippen MR) is 113 cm³/mol. The third-order valence-electron chi connectivity index (χ3n) is 5.13. The van der Waals surface area contributed by atoms with Crippen LogP contribution in [0.15, 0.2) is 53.4 Å². The molecule has 0 aromatic heterocycles. The highest BCUT2D eigenvalue weighted by Gasteiger charge is 2.40. The molecule has 1 saturated heterocycles. The van der Waals surface area contributed by atoms with Gasteiger partial charge >= 0.3 is 18.2 Å². The number of esters is 1. The largest absolute Gasteiger partial charge is 0.468 e. The Balaban J connectivity index is 1.59. The molecule has 1 atom stereocenters. The minimum atomic E-state index is -4.43. The Hall–Kier alpha value is -3.12. The van der Waals surface area contributed by atoms with Crippen molar-refractivity contribution >= 4 is 27.7 Å². The van der Waals surface area contributed by atoms with Crippen LogP contribution in [-0.2, 0) is 32.3 Å². The van der Waals surface area contributed by atoms with Crippen molar-refractivity contribution in [2.75, 3.05) is 19.0 Å². The smallest absolute Gasteiger partial charge is 0.416 e. The number of urea groups is 1. The number of ether oxygens (including phenoxy) is 1. The molecule has 2 aromatic rings. The van der Waals surface area contributed by atoms with Crippen LogP contribution in [0.1, 0.15) is 24.0 Å². The predicted octanol–water partition coefficient (Wildman–Crippen LogP) is 3.35. The highest BCUT2D eigenvalue weighted by Crippen LogP contribution is 2.29. The van der Waals surface area contributed by atoms with Gasteiger partial charge in [-0.15, -0.1) is 0 Å². The average molecular weight is 485 g/mol. The summed E-state index contributed by atoms with van der Waals surface area (Å²) in [6, 6.07) is 8.33. The lowest BCUT2D eigenvalue weighted by atomic mass is 10.1. The molecule has 1 fully saturated rings. The summed E-state index contributed by atoms with van der Waals surface area (Å²) in [5.41, 5.74) is 0.00718. The molecular weight excluding hydrogens is 463 g/mol. The molecule has 0 bridgehead atoms. The van der Waals surface area contributed by atoms with E-state index in [-0.39, 0.29) is 18.0 Å². The van der Waals surface area contributed by atoms with Crippen molar-refractivity contribution in [2.45, 2.75) is 36.5 Å². The first-order chi connectivity index (χ1) is 15.5. The van der Waals surface area contributed by atoms with Crippen LogP contribution in [0.5, 0.6) is 0 Å². The van der Waals surface area contributed by atoms with Crippen molar-refractivity contribution in [1.29, 1.82) is 0 Å². The van der Waals surface area contributed by atoms with Gasteiger partial charge in [-0.25, -0.2) is 13.2 Å². The molecule has 12 heteroatoms. The van der Waals surface area contributed by atoms with Crippen LogP contribution in [0.2, 0.25) is 0 Å².